The summed E-state index contributed by atoms with van der Waals surface area (Å²) in [5.74, 6) is 1.40. The smallest absolute Gasteiger partial charge is 0.197 e. The van der Waals surface area contributed by atoms with Gasteiger partial charge >= 0.3 is 0 Å². The number of aromatic nitrogens is 1. The molecule has 0 saturated heterocycles. The lowest BCUT2D eigenvalue weighted by Gasteiger charge is -2.12. The molecule has 18 heavy (non-hydrogen) atoms. The van der Waals surface area contributed by atoms with Crippen molar-refractivity contribution in [1.82, 2.24) is 4.98 Å². The highest BCUT2D eigenvalue weighted by atomic mass is 35.5. The molecule has 0 saturated carbocycles. The van der Waals surface area contributed by atoms with Crippen molar-refractivity contribution in [3.8, 4) is 5.75 Å². The fraction of sp³-hybridized carbons (Fsp3) is 0.154. The van der Waals surface area contributed by atoms with Crippen molar-refractivity contribution in [1.29, 1.82) is 0 Å². The van der Waals surface area contributed by atoms with E-state index in [1.807, 2.05) is 31.3 Å². The first-order chi connectivity index (χ1) is 8.76. The highest BCUT2D eigenvalue weighted by Gasteiger charge is 2.24. The molecule has 0 radical (unpaired) electrons. The van der Waals surface area contributed by atoms with Gasteiger partial charge in [-0.25, -0.2) is 4.98 Å². The normalized spacial score (nSPS) is 16.7. The molecule has 1 aromatic heterocycles. The first-order valence-electron chi connectivity index (χ1n) is 5.63. The van der Waals surface area contributed by atoms with Gasteiger partial charge in [-0.15, -0.1) is 0 Å². The van der Waals surface area contributed by atoms with Crippen LogP contribution in [0.5, 0.6) is 5.75 Å². The van der Waals surface area contributed by atoms with Crippen LogP contribution in [0.1, 0.15) is 11.8 Å². The number of fused-ring (bicyclic) bond motifs is 1. The first kappa shape index (κ1) is 11.2. The van der Waals surface area contributed by atoms with Crippen LogP contribution in [0.3, 0.4) is 0 Å². The van der Waals surface area contributed by atoms with Gasteiger partial charge in [0.05, 0.1) is 5.02 Å². The summed E-state index contributed by atoms with van der Waals surface area (Å²) in [5.41, 5.74) is 2.08. The van der Waals surface area contributed by atoms with Gasteiger partial charge in [-0.1, -0.05) is 23.7 Å². The van der Waals surface area contributed by atoms with Gasteiger partial charge in [0.15, 0.2) is 17.8 Å². The molecule has 5 heteroatoms. The predicted molar refractivity (Wildman–Crippen MR) is 72.2 cm³/mol. The average molecular weight is 262 g/mol. The summed E-state index contributed by atoms with van der Waals surface area (Å²) in [5, 5.41) is 6.88. The maximum atomic E-state index is 5.88. The third-order valence-corrected chi connectivity index (χ3v) is 3.02. The second-order valence-corrected chi connectivity index (χ2v) is 4.45. The van der Waals surface area contributed by atoms with Crippen LogP contribution in [0.4, 0.5) is 11.5 Å². The van der Waals surface area contributed by atoms with E-state index in [1.54, 1.807) is 12.3 Å². The van der Waals surface area contributed by atoms with Crippen LogP contribution in [-0.2, 0) is 0 Å². The number of ether oxygens (including phenoxy) is 1. The zero-order chi connectivity index (χ0) is 12.5. The van der Waals surface area contributed by atoms with Crippen LogP contribution in [0.15, 0.2) is 36.5 Å². The van der Waals surface area contributed by atoms with Gasteiger partial charge in [-0.05, 0) is 12.1 Å². The molecule has 0 fully saturated rings. The summed E-state index contributed by atoms with van der Waals surface area (Å²) < 4.78 is 5.79. The molecule has 4 nitrogen and oxygen atoms in total. The Morgan fingerprint density at radius 2 is 2.28 bits per heavy atom. The quantitative estimate of drug-likeness (QED) is 0.871. The van der Waals surface area contributed by atoms with Crippen molar-refractivity contribution in [3.63, 3.8) is 0 Å². The van der Waals surface area contributed by atoms with Crippen LogP contribution < -0.4 is 15.4 Å². The number of rotatable bonds is 2. The SMILES string of the molecule is CNc1cccc(C2Nc3ncc(Cl)cc3O2)c1. The molecule has 2 aromatic rings. The molecule has 2 heterocycles. The van der Waals surface area contributed by atoms with Crippen molar-refractivity contribution in [3.05, 3.63) is 47.1 Å². The lowest BCUT2D eigenvalue weighted by Crippen LogP contribution is -2.10. The molecule has 92 valence electrons. The lowest BCUT2D eigenvalue weighted by molar-refractivity contribution is 0.260. The van der Waals surface area contributed by atoms with E-state index in [4.69, 9.17) is 16.3 Å². The molecule has 3 rings (SSSR count). The van der Waals surface area contributed by atoms with Crippen LogP contribution >= 0.6 is 11.6 Å². The fourth-order valence-corrected chi connectivity index (χ4v) is 2.06. The highest BCUT2D eigenvalue weighted by molar-refractivity contribution is 6.30. The van der Waals surface area contributed by atoms with E-state index in [-0.39, 0.29) is 6.23 Å². The minimum absolute atomic E-state index is 0.223. The Labute approximate surface area is 110 Å². The van der Waals surface area contributed by atoms with Crippen LogP contribution in [-0.4, -0.2) is 12.0 Å². The molecule has 1 atom stereocenters. The van der Waals surface area contributed by atoms with Crippen molar-refractivity contribution in [2.45, 2.75) is 6.23 Å². The van der Waals surface area contributed by atoms with Crippen LogP contribution in [0, 0.1) is 0 Å². The molecule has 0 spiro atoms. The molecule has 0 amide bonds. The molecule has 0 bridgehead atoms. The summed E-state index contributed by atoms with van der Waals surface area (Å²) >= 11 is 5.88. The van der Waals surface area contributed by atoms with E-state index < -0.39 is 0 Å². The number of benzene rings is 1. The second kappa shape index (κ2) is 4.38. The Morgan fingerprint density at radius 1 is 1.39 bits per heavy atom. The molecule has 1 aliphatic heterocycles. The Kier molecular flexibility index (Phi) is 2.72. The van der Waals surface area contributed by atoms with E-state index in [0.29, 0.717) is 10.8 Å². The van der Waals surface area contributed by atoms with E-state index in [0.717, 1.165) is 17.1 Å². The Hall–Kier alpha value is -1.94. The minimum Gasteiger partial charge on any atom is -0.463 e. The van der Waals surface area contributed by atoms with Gasteiger partial charge in [0.1, 0.15) is 0 Å². The number of anilines is 2. The molecule has 1 aromatic carbocycles. The summed E-state index contributed by atoms with van der Waals surface area (Å²) in [7, 11) is 1.89. The monoisotopic (exact) mass is 261 g/mol. The Morgan fingerprint density at radius 3 is 3.11 bits per heavy atom. The number of nitrogens with zero attached hydrogens (tertiary/aromatic N) is 1. The zero-order valence-electron chi connectivity index (χ0n) is 9.77. The average Bonchev–Trinajstić information content (AvgIpc) is 2.81. The molecule has 1 aliphatic rings. The van der Waals surface area contributed by atoms with E-state index >= 15 is 0 Å². The second-order valence-electron chi connectivity index (χ2n) is 4.02. The van der Waals surface area contributed by atoms with E-state index in [2.05, 4.69) is 15.6 Å². The van der Waals surface area contributed by atoms with Gasteiger partial charge < -0.3 is 15.4 Å². The van der Waals surface area contributed by atoms with Crippen LogP contribution in [0.2, 0.25) is 5.02 Å². The first-order valence-corrected chi connectivity index (χ1v) is 6.00. The number of pyridine rings is 1. The van der Waals surface area contributed by atoms with Crippen molar-refractivity contribution < 1.29 is 4.74 Å². The van der Waals surface area contributed by atoms with E-state index in [9.17, 15) is 0 Å². The summed E-state index contributed by atoms with van der Waals surface area (Å²) in [6.45, 7) is 0. The maximum absolute atomic E-state index is 5.88. The van der Waals surface area contributed by atoms with Gasteiger partial charge in [0.25, 0.3) is 0 Å². The molecular weight excluding hydrogens is 250 g/mol. The lowest BCUT2D eigenvalue weighted by atomic mass is 10.2. The summed E-state index contributed by atoms with van der Waals surface area (Å²) in [6, 6.07) is 9.78. The van der Waals surface area contributed by atoms with Crippen molar-refractivity contribution >= 4 is 23.1 Å². The number of hydrogen-bond acceptors (Lipinski definition) is 4. The van der Waals surface area contributed by atoms with Crippen LogP contribution in [0.25, 0.3) is 0 Å². The third kappa shape index (κ3) is 1.95. The fourth-order valence-electron chi connectivity index (χ4n) is 1.91. The molecule has 1 unspecified atom stereocenters. The minimum atomic E-state index is -0.223. The largest absolute Gasteiger partial charge is 0.463 e. The molecule has 2 N–H and O–H groups in total. The topological polar surface area (TPSA) is 46.2 Å². The number of halogens is 1. The van der Waals surface area contributed by atoms with Gasteiger partial charge in [0, 0.05) is 30.6 Å². The number of nitrogens with one attached hydrogen (secondary N) is 2. The molecular formula is C13H12ClN3O. The third-order valence-electron chi connectivity index (χ3n) is 2.81. The predicted octanol–water partition coefficient (Wildman–Crippen LogP) is 3.28. The highest BCUT2D eigenvalue weighted by Crippen LogP contribution is 2.37. The van der Waals surface area contributed by atoms with Gasteiger partial charge in [-0.2, -0.15) is 0 Å². The summed E-state index contributed by atoms with van der Waals surface area (Å²) in [4.78, 5) is 4.19. The van der Waals surface area contributed by atoms with E-state index in [1.165, 1.54) is 0 Å². The molecule has 0 aliphatic carbocycles. The van der Waals surface area contributed by atoms with Crippen molar-refractivity contribution in [2.24, 2.45) is 0 Å². The standard InChI is InChI=1S/C13H12ClN3O/c1-15-10-4-2-3-8(5-10)13-17-12-11(18-13)6-9(14)7-16-12/h2-7,13,15H,1H3,(H,16,17). The Balaban J connectivity index is 1.88. The van der Waals surface area contributed by atoms with Gasteiger partial charge in [0.2, 0.25) is 0 Å². The summed E-state index contributed by atoms with van der Waals surface area (Å²) in [6.07, 6.45) is 1.38. The zero-order valence-corrected chi connectivity index (χ0v) is 10.5. The number of hydrogen-bond donors (Lipinski definition) is 2. The van der Waals surface area contributed by atoms with Crippen molar-refractivity contribution in [2.75, 3.05) is 17.7 Å². The Bertz CT molecular complexity index is 588. The maximum Gasteiger partial charge on any atom is 0.197 e. The van der Waals surface area contributed by atoms with Gasteiger partial charge in [-0.3, -0.25) is 0 Å².